The summed E-state index contributed by atoms with van der Waals surface area (Å²) in [6, 6.07) is 0. The highest BCUT2D eigenvalue weighted by Crippen LogP contribution is 2.59. The lowest BCUT2D eigenvalue weighted by atomic mass is 9.72. The first-order valence-electron chi connectivity index (χ1n) is 6.00. The standard InChI is InChI=1S/C12H16O.C2H6/c1-9-10-4-5-11(8-10)12(9,2)6-3-7-13;1-2/h3,6-7,10-11H,1,4-5,8H2,2H3;1-2H3/b6-3+;. The lowest BCUT2D eigenvalue weighted by Gasteiger charge is -2.33. The highest BCUT2D eigenvalue weighted by atomic mass is 16.1. The minimum Gasteiger partial charge on any atom is -0.299 e. The zero-order chi connectivity index (χ0) is 11.5. The number of carbonyl (C=O) groups excluding carboxylic acids is 1. The highest BCUT2D eigenvalue weighted by Gasteiger charge is 2.49. The predicted molar refractivity (Wildman–Crippen MR) is 64.6 cm³/mol. The average Bonchev–Trinajstić information content (AvgIpc) is 2.83. The second-order valence-corrected chi connectivity index (χ2v) is 4.51. The number of rotatable bonds is 2. The normalized spacial score (nSPS) is 37.9. The van der Waals surface area contributed by atoms with Crippen LogP contribution in [0, 0.1) is 17.3 Å². The molecule has 15 heavy (non-hydrogen) atoms. The van der Waals surface area contributed by atoms with Crippen LogP contribution in [0.1, 0.15) is 40.0 Å². The number of allylic oxidation sites excluding steroid dienone is 3. The molecule has 0 aromatic carbocycles. The van der Waals surface area contributed by atoms with Crippen LogP contribution in [0.25, 0.3) is 0 Å². The summed E-state index contributed by atoms with van der Waals surface area (Å²) in [5, 5.41) is 0. The third-order valence-electron chi connectivity index (χ3n) is 3.99. The van der Waals surface area contributed by atoms with Gasteiger partial charge >= 0.3 is 0 Å². The predicted octanol–water partition coefficient (Wildman–Crippen LogP) is 3.76. The molecule has 0 aromatic heterocycles. The summed E-state index contributed by atoms with van der Waals surface area (Å²) in [5.41, 5.74) is 1.46. The number of fused-ring (bicyclic) bond motifs is 2. The van der Waals surface area contributed by atoms with E-state index in [2.05, 4.69) is 13.5 Å². The second kappa shape index (κ2) is 4.78. The van der Waals surface area contributed by atoms with Gasteiger partial charge in [-0.1, -0.05) is 39.0 Å². The van der Waals surface area contributed by atoms with Gasteiger partial charge in [0.25, 0.3) is 0 Å². The molecule has 0 amide bonds. The Morgan fingerprint density at radius 3 is 2.53 bits per heavy atom. The van der Waals surface area contributed by atoms with E-state index in [9.17, 15) is 4.79 Å². The van der Waals surface area contributed by atoms with E-state index in [1.165, 1.54) is 24.8 Å². The molecule has 84 valence electrons. The molecule has 2 aliphatic carbocycles. The molecule has 0 radical (unpaired) electrons. The van der Waals surface area contributed by atoms with Crippen LogP contribution in [0.4, 0.5) is 0 Å². The van der Waals surface area contributed by atoms with Crippen molar-refractivity contribution >= 4 is 6.29 Å². The van der Waals surface area contributed by atoms with E-state index in [0.29, 0.717) is 0 Å². The smallest absolute Gasteiger partial charge is 0.142 e. The summed E-state index contributed by atoms with van der Waals surface area (Å²) in [6.45, 7) is 10.4. The fourth-order valence-electron chi connectivity index (χ4n) is 3.03. The Labute approximate surface area is 93.3 Å². The van der Waals surface area contributed by atoms with Gasteiger partial charge in [0.05, 0.1) is 0 Å². The van der Waals surface area contributed by atoms with Gasteiger partial charge < -0.3 is 0 Å². The molecule has 0 heterocycles. The minimum absolute atomic E-state index is 0.115. The molecule has 2 saturated carbocycles. The molecule has 0 spiro atoms. The van der Waals surface area contributed by atoms with E-state index in [1.54, 1.807) is 6.08 Å². The molecule has 1 heteroatoms. The fraction of sp³-hybridized carbons (Fsp3) is 0.643. The molecule has 2 rings (SSSR count). The number of aldehydes is 1. The maximum absolute atomic E-state index is 10.3. The fourth-order valence-corrected chi connectivity index (χ4v) is 3.03. The molecule has 3 atom stereocenters. The Morgan fingerprint density at radius 2 is 2.07 bits per heavy atom. The summed E-state index contributed by atoms with van der Waals surface area (Å²) < 4.78 is 0. The number of hydrogen-bond donors (Lipinski definition) is 0. The molecule has 0 saturated heterocycles. The van der Waals surface area contributed by atoms with E-state index in [4.69, 9.17) is 0 Å². The Bertz CT molecular complexity index is 277. The van der Waals surface area contributed by atoms with Crippen LogP contribution < -0.4 is 0 Å². The zero-order valence-electron chi connectivity index (χ0n) is 10.1. The van der Waals surface area contributed by atoms with Crippen molar-refractivity contribution in [2.45, 2.75) is 40.0 Å². The van der Waals surface area contributed by atoms with Crippen molar-refractivity contribution < 1.29 is 4.79 Å². The third-order valence-corrected chi connectivity index (χ3v) is 3.99. The highest BCUT2D eigenvalue weighted by molar-refractivity contribution is 5.65. The van der Waals surface area contributed by atoms with Crippen molar-refractivity contribution in [3.63, 3.8) is 0 Å². The van der Waals surface area contributed by atoms with Gasteiger partial charge in [-0.2, -0.15) is 0 Å². The number of carbonyl (C=O) groups is 1. The molecule has 1 nitrogen and oxygen atoms in total. The van der Waals surface area contributed by atoms with E-state index < -0.39 is 0 Å². The van der Waals surface area contributed by atoms with Crippen LogP contribution in [-0.2, 0) is 4.79 Å². The van der Waals surface area contributed by atoms with Crippen LogP contribution in [0.2, 0.25) is 0 Å². The van der Waals surface area contributed by atoms with E-state index in [-0.39, 0.29) is 5.41 Å². The van der Waals surface area contributed by atoms with Gasteiger partial charge in [-0.3, -0.25) is 4.79 Å². The topological polar surface area (TPSA) is 17.1 Å². The van der Waals surface area contributed by atoms with Crippen molar-refractivity contribution in [1.29, 1.82) is 0 Å². The Morgan fingerprint density at radius 1 is 1.40 bits per heavy atom. The molecule has 0 aromatic rings. The molecule has 2 aliphatic rings. The SMILES string of the molecule is C=C1C2CCC(C2)C1(C)/C=C/C=O.CC. The summed E-state index contributed by atoms with van der Waals surface area (Å²) in [7, 11) is 0. The van der Waals surface area contributed by atoms with Crippen molar-refractivity contribution in [3.05, 3.63) is 24.3 Å². The van der Waals surface area contributed by atoms with Gasteiger partial charge in [-0.25, -0.2) is 0 Å². The Balaban J connectivity index is 0.000000531. The van der Waals surface area contributed by atoms with Crippen LogP contribution in [-0.4, -0.2) is 6.29 Å². The summed E-state index contributed by atoms with van der Waals surface area (Å²) in [5.74, 6) is 1.47. The van der Waals surface area contributed by atoms with E-state index >= 15 is 0 Å². The van der Waals surface area contributed by atoms with Gasteiger partial charge in [-0.15, -0.1) is 0 Å². The quantitative estimate of drug-likeness (QED) is 0.382. The minimum atomic E-state index is 0.115. The van der Waals surface area contributed by atoms with Crippen molar-refractivity contribution in [1.82, 2.24) is 0 Å². The lowest BCUT2D eigenvalue weighted by Crippen LogP contribution is -2.23. The van der Waals surface area contributed by atoms with Gasteiger partial charge in [0.15, 0.2) is 0 Å². The molecular weight excluding hydrogens is 184 g/mol. The molecular formula is C14H22O. The van der Waals surface area contributed by atoms with E-state index in [0.717, 1.165) is 18.1 Å². The number of hydrogen-bond acceptors (Lipinski definition) is 1. The van der Waals surface area contributed by atoms with Crippen molar-refractivity contribution in [3.8, 4) is 0 Å². The maximum Gasteiger partial charge on any atom is 0.142 e. The van der Waals surface area contributed by atoms with Crippen molar-refractivity contribution in [2.75, 3.05) is 0 Å². The molecule has 2 fully saturated rings. The van der Waals surface area contributed by atoms with Gasteiger partial charge in [0.2, 0.25) is 0 Å². The lowest BCUT2D eigenvalue weighted by molar-refractivity contribution is -0.104. The monoisotopic (exact) mass is 206 g/mol. The van der Waals surface area contributed by atoms with Gasteiger partial charge in [0.1, 0.15) is 6.29 Å². The first-order valence-corrected chi connectivity index (χ1v) is 6.00. The summed E-state index contributed by atoms with van der Waals surface area (Å²) >= 11 is 0. The largest absolute Gasteiger partial charge is 0.299 e. The zero-order valence-corrected chi connectivity index (χ0v) is 10.1. The maximum atomic E-state index is 10.3. The first kappa shape index (κ1) is 12.2. The third kappa shape index (κ3) is 1.92. The molecule has 3 unspecified atom stereocenters. The second-order valence-electron chi connectivity index (χ2n) is 4.51. The van der Waals surface area contributed by atoms with Gasteiger partial charge in [-0.05, 0) is 37.2 Å². The summed E-state index contributed by atoms with van der Waals surface area (Å²) in [6.07, 6.45) is 8.46. The van der Waals surface area contributed by atoms with Gasteiger partial charge in [0, 0.05) is 5.41 Å². The Hall–Kier alpha value is -0.850. The van der Waals surface area contributed by atoms with Crippen LogP contribution in [0.3, 0.4) is 0 Å². The first-order chi connectivity index (χ1) is 7.18. The van der Waals surface area contributed by atoms with Crippen LogP contribution in [0.5, 0.6) is 0 Å². The molecule has 0 aliphatic heterocycles. The van der Waals surface area contributed by atoms with Crippen molar-refractivity contribution in [2.24, 2.45) is 17.3 Å². The van der Waals surface area contributed by atoms with E-state index in [1.807, 2.05) is 19.9 Å². The van der Waals surface area contributed by atoms with Crippen LogP contribution >= 0.6 is 0 Å². The van der Waals surface area contributed by atoms with Crippen LogP contribution in [0.15, 0.2) is 24.3 Å². The summed E-state index contributed by atoms with van der Waals surface area (Å²) in [4.78, 5) is 10.3. The Kier molecular flexibility index (Phi) is 3.90. The average molecular weight is 206 g/mol. The molecule has 2 bridgehead atoms. The molecule has 0 N–H and O–H groups in total.